The van der Waals surface area contributed by atoms with Gasteiger partial charge in [-0.3, -0.25) is 0 Å². The molecular formula is C59H43NO. The quantitative estimate of drug-likeness (QED) is 0.177. The minimum atomic E-state index is -0.125. The number of anilines is 3. The summed E-state index contributed by atoms with van der Waals surface area (Å²) in [5.74, 6) is 0. The van der Waals surface area contributed by atoms with E-state index in [-0.39, 0.29) is 10.8 Å². The molecule has 0 N–H and O–H groups in total. The lowest BCUT2D eigenvalue weighted by Gasteiger charge is -2.29. The molecule has 3 aliphatic carbocycles. The predicted octanol–water partition coefficient (Wildman–Crippen LogP) is 16.1. The molecule has 0 radical (unpaired) electrons. The van der Waals surface area contributed by atoms with Crippen LogP contribution >= 0.6 is 0 Å². The lowest BCUT2D eigenvalue weighted by atomic mass is 9.81. The fourth-order valence-electron chi connectivity index (χ4n) is 11.5. The molecule has 13 rings (SSSR count). The zero-order valence-electron chi connectivity index (χ0n) is 34.8. The van der Waals surface area contributed by atoms with Gasteiger partial charge in [-0.1, -0.05) is 155 Å². The molecule has 0 amide bonds. The second kappa shape index (κ2) is 12.2. The maximum Gasteiger partial charge on any atom is 0.143 e. The van der Waals surface area contributed by atoms with Crippen LogP contribution in [0.5, 0.6) is 0 Å². The molecule has 0 spiro atoms. The van der Waals surface area contributed by atoms with Gasteiger partial charge < -0.3 is 9.32 Å². The summed E-state index contributed by atoms with van der Waals surface area (Å²) in [6, 6.07) is 65.7. The van der Waals surface area contributed by atoms with E-state index < -0.39 is 0 Å². The van der Waals surface area contributed by atoms with Crippen LogP contribution in [0.4, 0.5) is 17.1 Å². The summed E-state index contributed by atoms with van der Waals surface area (Å²) >= 11 is 0. The van der Waals surface area contributed by atoms with E-state index in [1.54, 1.807) is 0 Å². The van der Waals surface area contributed by atoms with Crippen LogP contribution in [0.2, 0.25) is 0 Å². The van der Waals surface area contributed by atoms with Gasteiger partial charge in [-0.2, -0.15) is 0 Å². The molecule has 0 saturated heterocycles. The maximum atomic E-state index is 7.05. The third-order valence-corrected chi connectivity index (χ3v) is 14.5. The van der Waals surface area contributed by atoms with Crippen molar-refractivity contribution < 1.29 is 4.42 Å². The van der Waals surface area contributed by atoms with Crippen molar-refractivity contribution in [2.45, 2.75) is 44.9 Å². The van der Waals surface area contributed by atoms with E-state index in [0.29, 0.717) is 0 Å². The Morgan fingerprint density at radius 1 is 0.443 bits per heavy atom. The fraction of sp³-hybridized carbons (Fsp3) is 0.119. The van der Waals surface area contributed by atoms with Crippen LogP contribution in [0.15, 0.2) is 180 Å². The van der Waals surface area contributed by atoms with Gasteiger partial charge >= 0.3 is 0 Å². The van der Waals surface area contributed by atoms with Gasteiger partial charge in [0, 0.05) is 45.0 Å². The van der Waals surface area contributed by atoms with Crippen LogP contribution in [-0.4, -0.2) is 0 Å². The number of hydrogen-bond donors (Lipinski definition) is 0. The fourth-order valence-corrected chi connectivity index (χ4v) is 11.5. The molecule has 0 aliphatic heterocycles. The molecule has 0 bridgehead atoms. The van der Waals surface area contributed by atoms with Gasteiger partial charge in [0.1, 0.15) is 11.2 Å². The Bertz CT molecular complexity index is 3520. The van der Waals surface area contributed by atoms with Crippen molar-refractivity contribution >= 4 is 49.8 Å². The molecule has 2 heteroatoms. The van der Waals surface area contributed by atoms with Gasteiger partial charge in [-0.05, 0) is 132 Å². The minimum Gasteiger partial charge on any atom is -0.455 e. The van der Waals surface area contributed by atoms with Crippen molar-refractivity contribution in [1.29, 1.82) is 0 Å². The summed E-state index contributed by atoms with van der Waals surface area (Å²) in [6.07, 6.45) is 0.898. The molecule has 0 fully saturated rings. The Labute approximate surface area is 356 Å². The van der Waals surface area contributed by atoms with Gasteiger partial charge in [0.2, 0.25) is 0 Å². The monoisotopic (exact) mass is 781 g/mol. The summed E-state index contributed by atoms with van der Waals surface area (Å²) in [7, 11) is 0. The van der Waals surface area contributed by atoms with Crippen molar-refractivity contribution in [3.05, 3.63) is 209 Å². The second-order valence-corrected chi connectivity index (χ2v) is 18.4. The van der Waals surface area contributed by atoms with E-state index in [2.05, 4.69) is 209 Å². The highest BCUT2D eigenvalue weighted by molar-refractivity contribution is 6.19. The zero-order chi connectivity index (χ0) is 40.8. The topological polar surface area (TPSA) is 16.4 Å². The second-order valence-electron chi connectivity index (χ2n) is 18.4. The summed E-state index contributed by atoms with van der Waals surface area (Å²) in [4.78, 5) is 2.50. The van der Waals surface area contributed by atoms with Gasteiger partial charge in [0.15, 0.2) is 0 Å². The summed E-state index contributed by atoms with van der Waals surface area (Å²) in [6.45, 7) is 9.45. The first kappa shape index (κ1) is 34.7. The molecule has 1 heterocycles. The lowest BCUT2D eigenvalue weighted by molar-refractivity contribution is 0.660. The summed E-state index contributed by atoms with van der Waals surface area (Å²) in [5.41, 5.74) is 23.6. The highest BCUT2D eigenvalue weighted by Crippen LogP contribution is 2.54. The van der Waals surface area contributed by atoms with Crippen LogP contribution in [0, 0.1) is 0 Å². The average molecular weight is 782 g/mol. The largest absolute Gasteiger partial charge is 0.455 e. The standard InChI is InChI=1S/C59H43NO/c1-58(2)50-21-11-9-18-43(50)45-27-24-37(32-52(45)58)56-41-17-8-6-15-36(41)31-49-48-33-38(26-29-55(48)61-57(49)56)60(54-23-13-20-42-40-16-7-5-14-35(40)30-47(42)54)39-25-28-46-44-19-10-12-22-51(44)59(3,4)53(46)34-39/h5-29,31-34H,30H2,1-4H3. The van der Waals surface area contributed by atoms with Crippen molar-refractivity contribution in [1.82, 2.24) is 0 Å². The highest BCUT2D eigenvalue weighted by Gasteiger charge is 2.37. The number of hydrogen-bond acceptors (Lipinski definition) is 2. The van der Waals surface area contributed by atoms with E-state index in [0.717, 1.165) is 45.3 Å². The van der Waals surface area contributed by atoms with Crippen LogP contribution in [0.3, 0.4) is 0 Å². The van der Waals surface area contributed by atoms with E-state index in [1.807, 2.05) is 0 Å². The Kier molecular flexibility index (Phi) is 6.94. The third-order valence-electron chi connectivity index (χ3n) is 14.5. The highest BCUT2D eigenvalue weighted by atomic mass is 16.3. The van der Waals surface area contributed by atoms with Gasteiger partial charge in [0.05, 0.1) is 5.69 Å². The molecule has 0 unspecified atom stereocenters. The molecule has 3 aliphatic rings. The summed E-state index contributed by atoms with van der Waals surface area (Å²) < 4.78 is 7.05. The van der Waals surface area contributed by atoms with E-state index in [4.69, 9.17) is 4.42 Å². The van der Waals surface area contributed by atoms with Gasteiger partial charge in [-0.25, -0.2) is 0 Å². The first-order chi connectivity index (χ1) is 29.8. The molecule has 290 valence electrons. The van der Waals surface area contributed by atoms with Crippen molar-refractivity contribution in [2.75, 3.05) is 4.90 Å². The van der Waals surface area contributed by atoms with Crippen LogP contribution in [-0.2, 0) is 17.3 Å². The number of furan rings is 1. The van der Waals surface area contributed by atoms with E-state index >= 15 is 0 Å². The van der Waals surface area contributed by atoms with E-state index in [9.17, 15) is 0 Å². The normalized spacial score (nSPS) is 14.8. The molecular weight excluding hydrogens is 739 g/mol. The lowest BCUT2D eigenvalue weighted by Crippen LogP contribution is -2.17. The van der Waals surface area contributed by atoms with Crippen LogP contribution < -0.4 is 4.90 Å². The molecule has 61 heavy (non-hydrogen) atoms. The SMILES string of the molecule is CC1(C)c2ccccc2-c2ccc(-c3c4ccccc4cc4c3oc3ccc(N(c5ccc6c(c5)C(C)(C)c5ccccc5-6)c5cccc6c5Cc5ccccc5-6)cc34)cc21. The van der Waals surface area contributed by atoms with E-state index in [1.165, 1.54) is 88.8 Å². The van der Waals surface area contributed by atoms with Crippen molar-refractivity contribution in [2.24, 2.45) is 0 Å². The Hall–Kier alpha value is -7.16. The number of fused-ring (bicyclic) bond motifs is 13. The number of rotatable bonds is 4. The molecule has 1 aromatic heterocycles. The number of nitrogens with zero attached hydrogens (tertiary/aromatic N) is 1. The molecule has 0 atom stereocenters. The minimum absolute atomic E-state index is 0.105. The summed E-state index contributed by atoms with van der Waals surface area (Å²) in [5, 5.41) is 4.65. The maximum absolute atomic E-state index is 7.05. The first-order valence-electron chi connectivity index (χ1n) is 21.6. The van der Waals surface area contributed by atoms with Crippen LogP contribution in [0.1, 0.15) is 61.1 Å². The van der Waals surface area contributed by atoms with Gasteiger partial charge in [-0.15, -0.1) is 0 Å². The number of benzene rings is 9. The Balaban J connectivity index is 1.03. The average Bonchev–Trinajstić information content (AvgIpc) is 3.98. The van der Waals surface area contributed by atoms with Gasteiger partial charge in [0.25, 0.3) is 0 Å². The molecule has 10 aromatic rings. The van der Waals surface area contributed by atoms with Crippen molar-refractivity contribution in [3.63, 3.8) is 0 Å². The zero-order valence-corrected chi connectivity index (χ0v) is 34.8. The van der Waals surface area contributed by atoms with Crippen molar-refractivity contribution in [3.8, 4) is 44.5 Å². The first-order valence-corrected chi connectivity index (χ1v) is 21.6. The molecule has 9 aromatic carbocycles. The molecule has 0 saturated carbocycles. The third kappa shape index (κ3) is 4.73. The Morgan fingerprint density at radius 3 is 1.84 bits per heavy atom. The predicted molar refractivity (Wildman–Crippen MR) is 255 cm³/mol. The molecule has 2 nitrogen and oxygen atoms in total. The smallest absolute Gasteiger partial charge is 0.143 e. The van der Waals surface area contributed by atoms with Crippen LogP contribution in [0.25, 0.3) is 77.2 Å². The Morgan fingerprint density at radius 2 is 1.05 bits per heavy atom.